The number of imidazole rings is 1. The summed E-state index contributed by atoms with van der Waals surface area (Å²) in [4.78, 5) is 7.65. The molecule has 5 heteroatoms. The van der Waals surface area contributed by atoms with Gasteiger partial charge in [0.15, 0.2) is 10.8 Å². The lowest BCUT2D eigenvalue weighted by Crippen LogP contribution is -2.21. The van der Waals surface area contributed by atoms with Gasteiger partial charge in [0, 0.05) is 38.1 Å². The van der Waals surface area contributed by atoms with Crippen LogP contribution in [0.5, 0.6) is 0 Å². The second kappa shape index (κ2) is 3.83. The molecule has 2 aromatic heterocycles. The number of rotatable bonds is 3. The zero-order valence-electron chi connectivity index (χ0n) is 9.27. The van der Waals surface area contributed by atoms with Gasteiger partial charge in [0.1, 0.15) is 0 Å². The number of anilines is 1. The third-order valence-electron chi connectivity index (χ3n) is 2.28. The molecule has 2 N–H and O–H groups in total. The van der Waals surface area contributed by atoms with E-state index < -0.39 is 0 Å². The number of thiazole rings is 1. The molecular weight excluding hydrogens is 208 g/mol. The van der Waals surface area contributed by atoms with Crippen molar-refractivity contribution < 1.29 is 0 Å². The summed E-state index contributed by atoms with van der Waals surface area (Å²) in [5.41, 5.74) is 7.06. The van der Waals surface area contributed by atoms with Crippen LogP contribution < -0.4 is 10.6 Å². The Bertz CT molecular complexity index is 455. The van der Waals surface area contributed by atoms with E-state index >= 15 is 0 Å². The molecule has 1 unspecified atom stereocenters. The van der Waals surface area contributed by atoms with Crippen LogP contribution in [0.15, 0.2) is 11.6 Å². The van der Waals surface area contributed by atoms with Gasteiger partial charge >= 0.3 is 0 Å². The Balaban J connectivity index is 2.53. The van der Waals surface area contributed by atoms with Crippen molar-refractivity contribution >= 4 is 22.1 Å². The second-order valence-corrected chi connectivity index (χ2v) is 4.89. The van der Waals surface area contributed by atoms with Crippen molar-refractivity contribution in [2.75, 3.05) is 19.0 Å². The number of hydrogen-bond donors (Lipinski definition) is 1. The van der Waals surface area contributed by atoms with E-state index in [1.165, 1.54) is 5.69 Å². The summed E-state index contributed by atoms with van der Waals surface area (Å²) in [6.07, 6.45) is 2.91. The van der Waals surface area contributed by atoms with E-state index in [2.05, 4.69) is 15.6 Å². The highest BCUT2D eigenvalue weighted by atomic mass is 32.1. The molecule has 15 heavy (non-hydrogen) atoms. The smallest absolute Gasteiger partial charge is 0.195 e. The molecule has 0 amide bonds. The predicted molar refractivity (Wildman–Crippen MR) is 64.7 cm³/mol. The molecule has 2 heterocycles. The van der Waals surface area contributed by atoms with Gasteiger partial charge < -0.3 is 10.6 Å². The van der Waals surface area contributed by atoms with Crippen LogP contribution in [0.1, 0.15) is 12.6 Å². The van der Waals surface area contributed by atoms with Gasteiger partial charge in [-0.05, 0) is 6.92 Å². The van der Waals surface area contributed by atoms with Gasteiger partial charge in [0.25, 0.3) is 0 Å². The molecule has 0 radical (unpaired) electrons. The van der Waals surface area contributed by atoms with Crippen LogP contribution >= 0.6 is 11.3 Å². The number of nitrogens with two attached hydrogens (primary N) is 1. The quantitative estimate of drug-likeness (QED) is 0.856. The summed E-state index contributed by atoms with van der Waals surface area (Å²) in [6, 6.07) is 0.156. The lowest BCUT2D eigenvalue weighted by atomic mass is 10.2. The molecule has 0 saturated heterocycles. The molecular formula is C10H16N4S. The van der Waals surface area contributed by atoms with Crippen LogP contribution in [-0.4, -0.2) is 29.5 Å². The maximum Gasteiger partial charge on any atom is 0.195 e. The van der Waals surface area contributed by atoms with E-state index in [9.17, 15) is 0 Å². The molecule has 2 rings (SSSR count). The third kappa shape index (κ3) is 1.85. The maximum atomic E-state index is 5.86. The zero-order chi connectivity index (χ0) is 11.0. The van der Waals surface area contributed by atoms with E-state index in [-0.39, 0.29) is 6.04 Å². The average Bonchev–Trinajstić information content (AvgIpc) is 2.66. The van der Waals surface area contributed by atoms with E-state index in [0.717, 1.165) is 17.2 Å². The van der Waals surface area contributed by atoms with Gasteiger partial charge in [-0.2, -0.15) is 0 Å². The minimum absolute atomic E-state index is 0.156. The van der Waals surface area contributed by atoms with Crippen molar-refractivity contribution in [3.8, 4) is 0 Å². The van der Waals surface area contributed by atoms with E-state index in [0.29, 0.717) is 0 Å². The Kier molecular flexibility index (Phi) is 2.67. The monoisotopic (exact) mass is 224 g/mol. The topological polar surface area (TPSA) is 46.6 Å². The molecule has 0 fully saturated rings. The predicted octanol–water partition coefficient (Wildman–Crippen LogP) is 1.35. The largest absolute Gasteiger partial charge is 0.361 e. The Labute approximate surface area is 93.3 Å². The van der Waals surface area contributed by atoms with Gasteiger partial charge in [-0.15, -0.1) is 11.3 Å². The minimum Gasteiger partial charge on any atom is -0.361 e. The molecule has 0 aliphatic heterocycles. The van der Waals surface area contributed by atoms with Crippen LogP contribution in [0.25, 0.3) is 4.96 Å². The van der Waals surface area contributed by atoms with Gasteiger partial charge in [-0.1, -0.05) is 0 Å². The highest BCUT2D eigenvalue weighted by Gasteiger charge is 2.15. The summed E-state index contributed by atoms with van der Waals surface area (Å²) in [5.74, 6) is 1.03. The standard InChI is InChI=1S/C10H16N4S/c1-7(11)6-8-9(13(2)3)12-10-14(8)4-5-15-10/h4-5,7H,6,11H2,1-3H3. The maximum absolute atomic E-state index is 5.86. The molecule has 0 aromatic carbocycles. The van der Waals surface area contributed by atoms with Crippen molar-refractivity contribution in [1.29, 1.82) is 0 Å². The van der Waals surface area contributed by atoms with Crippen LogP contribution in [0, 0.1) is 0 Å². The highest BCUT2D eigenvalue weighted by Crippen LogP contribution is 2.24. The molecule has 1 atom stereocenters. The molecule has 2 aromatic rings. The summed E-state index contributed by atoms with van der Waals surface area (Å²) >= 11 is 1.65. The fraction of sp³-hybridized carbons (Fsp3) is 0.500. The van der Waals surface area contributed by atoms with Crippen molar-refractivity contribution in [2.45, 2.75) is 19.4 Å². The van der Waals surface area contributed by atoms with Crippen LogP contribution in [-0.2, 0) is 6.42 Å². The SMILES string of the molecule is CC(N)Cc1c(N(C)C)nc2sccn12. The molecule has 0 aliphatic carbocycles. The first-order valence-electron chi connectivity index (χ1n) is 4.97. The summed E-state index contributed by atoms with van der Waals surface area (Å²) in [7, 11) is 4.02. The van der Waals surface area contributed by atoms with Crippen molar-refractivity contribution in [3.63, 3.8) is 0 Å². The first-order valence-corrected chi connectivity index (χ1v) is 5.85. The number of aromatic nitrogens is 2. The normalized spacial score (nSPS) is 13.3. The molecule has 4 nitrogen and oxygen atoms in total. The Morgan fingerprint density at radius 2 is 2.33 bits per heavy atom. The number of nitrogens with zero attached hydrogens (tertiary/aromatic N) is 3. The number of fused-ring (bicyclic) bond motifs is 1. The van der Waals surface area contributed by atoms with Crippen LogP contribution in [0.3, 0.4) is 0 Å². The van der Waals surface area contributed by atoms with Crippen molar-refractivity contribution in [1.82, 2.24) is 9.38 Å². The first kappa shape index (κ1) is 10.4. The Morgan fingerprint density at radius 3 is 2.93 bits per heavy atom. The van der Waals surface area contributed by atoms with Gasteiger partial charge in [-0.25, -0.2) is 4.98 Å². The average molecular weight is 224 g/mol. The van der Waals surface area contributed by atoms with Crippen LogP contribution in [0.2, 0.25) is 0 Å². The van der Waals surface area contributed by atoms with E-state index in [4.69, 9.17) is 5.73 Å². The molecule has 82 valence electrons. The number of hydrogen-bond acceptors (Lipinski definition) is 4. The van der Waals surface area contributed by atoms with Crippen molar-refractivity contribution in [2.24, 2.45) is 5.73 Å². The lowest BCUT2D eigenvalue weighted by Gasteiger charge is -2.13. The second-order valence-electron chi connectivity index (χ2n) is 4.01. The van der Waals surface area contributed by atoms with E-state index in [1.54, 1.807) is 11.3 Å². The summed E-state index contributed by atoms with van der Waals surface area (Å²) in [6.45, 7) is 2.02. The fourth-order valence-electron chi connectivity index (χ4n) is 1.67. The summed E-state index contributed by atoms with van der Waals surface area (Å²) in [5, 5.41) is 2.05. The molecule has 0 aliphatic rings. The van der Waals surface area contributed by atoms with Gasteiger partial charge in [0.05, 0.1) is 5.69 Å². The molecule has 0 spiro atoms. The van der Waals surface area contributed by atoms with Crippen molar-refractivity contribution in [3.05, 3.63) is 17.3 Å². The lowest BCUT2D eigenvalue weighted by molar-refractivity contribution is 0.716. The Morgan fingerprint density at radius 1 is 1.60 bits per heavy atom. The molecule has 0 bridgehead atoms. The van der Waals surface area contributed by atoms with Gasteiger partial charge in [-0.3, -0.25) is 4.40 Å². The Hall–Kier alpha value is -1.07. The van der Waals surface area contributed by atoms with Crippen LogP contribution in [0.4, 0.5) is 5.82 Å². The highest BCUT2D eigenvalue weighted by molar-refractivity contribution is 7.15. The minimum atomic E-state index is 0.156. The van der Waals surface area contributed by atoms with E-state index in [1.807, 2.05) is 31.3 Å². The fourth-order valence-corrected chi connectivity index (χ4v) is 2.40. The van der Waals surface area contributed by atoms with Gasteiger partial charge in [0.2, 0.25) is 0 Å². The summed E-state index contributed by atoms with van der Waals surface area (Å²) < 4.78 is 2.13. The zero-order valence-corrected chi connectivity index (χ0v) is 10.1. The molecule has 0 saturated carbocycles. The third-order valence-corrected chi connectivity index (χ3v) is 3.04. The first-order chi connectivity index (χ1) is 7.09.